The summed E-state index contributed by atoms with van der Waals surface area (Å²) < 4.78 is 0. The molecular formula is C14H16O4. The highest BCUT2D eigenvalue weighted by molar-refractivity contribution is 5.87. The number of allylic oxidation sites excluding steroid dienone is 1. The summed E-state index contributed by atoms with van der Waals surface area (Å²) in [7, 11) is 0. The molecule has 1 aromatic carbocycles. The first-order valence-electron chi connectivity index (χ1n) is 5.75. The van der Waals surface area contributed by atoms with Crippen LogP contribution in [-0.2, 0) is 25.8 Å². The summed E-state index contributed by atoms with van der Waals surface area (Å²) in [4.78, 5) is 30.9. The van der Waals surface area contributed by atoms with E-state index in [0.717, 1.165) is 5.56 Å². The SMILES string of the molecule is CCC(=O)OOC(=O)/C(C)=C/Cc1ccccc1. The largest absolute Gasteiger partial charge is 0.381 e. The summed E-state index contributed by atoms with van der Waals surface area (Å²) in [6.07, 6.45) is 2.53. The Morgan fingerprint density at radius 2 is 1.83 bits per heavy atom. The van der Waals surface area contributed by atoms with E-state index in [4.69, 9.17) is 0 Å². The van der Waals surface area contributed by atoms with Gasteiger partial charge in [0.25, 0.3) is 0 Å². The summed E-state index contributed by atoms with van der Waals surface area (Å²) in [5.41, 5.74) is 1.50. The van der Waals surface area contributed by atoms with Crippen molar-refractivity contribution >= 4 is 11.9 Å². The number of carbonyl (C=O) groups is 2. The van der Waals surface area contributed by atoms with Gasteiger partial charge >= 0.3 is 11.9 Å². The molecule has 0 fully saturated rings. The van der Waals surface area contributed by atoms with Crippen molar-refractivity contribution < 1.29 is 19.4 Å². The van der Waals surface area contributed by atoms with Crippen molar-refractivity contribution in [3.8, 4) is 0 Å². The van der Waals surface area contributed by atoms with Crippen LogP contribution in [0.3, 0.4) is 0 Å². The van der Waals surface area contributed by atoms with E-state index in [-0.39, 0.29) is 6.42 Å². The molecule has 0 aliphatic rings. The predicted octanol–water partition coefficient (Wildman–Crippen LogP) is 2.59. The minimum atomic E-state index is -0.646. The Labute approximate surface area is 106 Å². The maximum Gasteiger partial charge on any atom is 0.381 e. The fraction of sp³-hybridized carbons (Fsp3) is 0.286. The predicted molar refractivity (Wildman–Crippen MR) is 66.4 cm³/mol. The molecule has 0 aliphatic heterocycles. The second-order valence-electron chi connectivity index (χ2n) is 3.76. The van der Waals surface area contributed by atoms with Gasteiger partial charge in [0.2, 0.25) is 0 Å². The molecule has 18 heavy (non-hydrogen) atoms. The third-order valence-electron chi connectivity index (χ3n) is 2.31. The Bertz CT molecular complexity index is 434. The molecule has 0 unspecified atom stereocenters. The third kappa shape index (κ3) is 4.82. The van der Waals surface area contributed by atoms with E-state index in [0.29, 0.717) is 12.0 Å². The van der Waals surface area contributed by atoms with Crippen LogP contribution in [0.15, 0.2) is 42.0 Å². The first-order valence-corrected chi connectivity index (χ1v) is 5.75. The average molecular weight is 248 g/mol. The summed E-state index contributed by atoms with van der Waals surface area (Å²) in [6, 6.07) is 9.72. The molecule has 4 nitrogen and oxygen atoms in total. The van der Waals surface area contributed by atoms with E-state index in [1.807, 2.05) is 30.3 Å². The van der Waals surface area contributed by atoms with Gasteiger partial charge in [-0.1, -0.05) is 43.3 Å². The average Bonchev–Trinajstić information content (AvgIpc) is 2.42. The Morgan fingerprint density at radius 1 is 1.17 bits per heavy atom. The van der Waals surface area contributed by atoms with Crippen LogP contribution in [0.25, 0.3) is 0 Å². The lowest BCUT2D eigenvalue weighted by atomic mass is 10.1. The van der Waals surface area contributed by atoms with Crippen molar-refractivity contribution in [2.45, 2.75) is 26.7 Å². The number of benzene rings is 1. The van der Waals surface area contributed by atoms with E-state index in [1.54, 1.807) is 19.9 Å². The number of hydrogen-bond acceptors (Lipinski definition) is 4. The molecule has 0 heterocycles. The van der Waals surface area contributed by atoms with Gasteiger partial charge in [-0.25, -0.2) is 19.4 Å². The lowest BCUT2D eigenvalue weighted by molar-refractivity contribution is -0.255. The van der Waals surface area contributed by atoms with Gasteiger partial charge in [0.1, 0.15) is 0 Å². The van der Waals surface area contributed by atoms with E-state index in [2.05, 4.69) is 9.78 Å². The van der Waals surface area contributed by atoms with Gasteiger partial charge in [-0.05, 0) is 18.9 Å². The quantitative estimate of drug-likeness (QED) is 0.467. The maximum atomic E-state index is 11.4. The molecular weight excluding hydrogens is 232 g/mol. The smallest absolute Gasteiger partial charge is 0.247 e. The maximum absolute atomic E-state index is 11.4. The zero-order chi connectivity index (χ0) is 13.4. The van der Waals surface area contributed by atoms with E-state index in [1.165, 1.54) is 0 Å². The molecule has 0 aromatic heterocycles. The third-order valence-corrected chi connectivity index (χ3v) is 2.31. The van der Waals surface area contributed by atoms with Gasteiger partial charge in [-0.3, -0.25) is 0 Å². The zero-order valence-corrected chi connectivity index (χ0v) is 10.5. The fourth-order valence-electron chi connectivity index (χ4n) is 1.18. The fourth-order valence-corrected chi connectivity index (χ4v) is 1.18. The standard InChI is InChI=1S/C14H16O4/c1-3-13(15)17-18-14(16)11(2)9-10-12-7-5-4-6-8-12/h4-9H,3,10H2,1-2H3/b11-9+. The molecule has 0 spiro atoms. The minimum absolute atomic E-state index is 0.167. The molecule has 0 amide bonds. The van der Waals surface area contributed by atoms with Crippen LogP contribution in [0.2, 0.25) is 0 Å². The van der Waals surface area contributed by atoms with Crippen LogP contribution in [0.5, 0.6) is 0 Å². The summed E-state index contributed by atoms with van der Waals surface area (Å²) >= 11 is 0. The molecule has 1 rings (SSSR count). The van der Waals surface area contributed by atoms with Crippen LogP contribution in [-0.4, -0.2) is 11.9 Å². The van der Waals surface area contributed by atoms with Crippen molar-refractivity contribution in [1.29, 1.82) is 0 Å². The van der Waals surface area contributed by atoms with E-state index >= 15 is 0 Å². The van der Waals surface area contributed by atoms with Gasteiger partial charge in [0.15, 0.2) is 0 Å². The molecule has 0 radical (unpaired) electrons. The Morgan fingerprint density at radius 3 is 2.44 bits per heavy atom. The van der Waals surface area contributed by atoms with Crippen LogP contribution in [0.1, 0.15) is 25.8 Å². The normalized spacial score (nSPS) is 10.9. The Hall–Kier alpha value is -2.10. The van der Waals surface area contributed by atoms with Gasteiger partial charge in [0.05, 0.1) is 0 Å². The first-order chi connectivity index (χ1) is 8.63. The molecule has 0 bridgehead atoms. The summed E-state index contributed by atoms with van der Waals surface area (Å²) in [5.74, 6) is -1.22. The second-order valence-corrected chi connectivity index (χ2v) is 3.76. The van der Waals surface area contributed by atoms with E-state index < -0.39 is 11.9 Å². The lowest BCUT2D eigenvalue weighted by Gasteiger charge is -2.02. The number of hydrogen-bond donors (Lipinski definition) is 0. The highest BCUT2D eigenvalue weighted by Gasteiger charge is 2.09. The second kappa shape index (κ2) is 7.27. The highest BCUT2D eigenvalue weighted by Crippen LogP contribution is 2.05. The molecule has 0 aliphatic carbocycles. The van der Waals surface area contributed by atoms with Crippen molar-refractivity contribution in [2.24, 2.45) is 0 Å². The highest BCUT2D eigenvalue weighted by atomic mass is 17.2. The molecule has 1 aromatic rings. The topological polar surface area (TPSA) is 52.6 Å². The first kappa shape index (κ1) is 14.0. The molecule has 96 valence electrons. The van der Waals surface area contributed by atoms with Gasteiger partial charge in [-0.2, -0.15) is 0 Å². The van der Waals surface area contributed by atoms with Gasteiger partial charge in [0, 0.05) is 12.0 Å². The zero-order valence-electron chi connectivity index (χ0n) is 10.5. The van der Waals surface area contributed by atoms with Crippen molar-refractivity contribution in [2.75, 3.05) is 0 Å². The monoisotopic (exact) mass is 248 g/mol. The summed E-state index contributed by atoms with van der Waals surface area (Å²) in [6.45, 7) is 3.24. The Balaban J connectivity index is 2.46. The van der Waals surface area contributed by atoms with Gasteiger partial charge < -0.3 is 0 Å². The van der Waals surface area contributed by atoms with Crippen LogP contribution in [0, 0.1) is 0 Å². The van der Waals surface area contributed by atoms with Crippen LogP contribution in [0.4, 0.5) is 0 Å². The number of rotatable bonds is 4. The van der Waals surface area contributed by atoms with Gasteiger partial charge in [-0.15, -0.1) is 0 Å². The number of carbonyl (C=O) groups excluding carboxylic acids is 2. The molecule has 0 saturated heterocycles. The summed E-state index contributed by atoms with van der Waals surface area (Å²) in [5, 5.41) is 0. The molecule has 0 saturated carbocycles. The lowest BCUT2D eigenvalue weighted by Crippen LogP contribution is -2.11. The molecule has 0 atom stereocenters. The van der Waals surface area contributed by atoms with Crippen LogP contribution >= 0.6 is 0 Å². The molecule has 0 N–H and O–H groups in total. The van der Waals surface area contributed by atoms with Crippen molar-refractivity contribution in [1.82, 2.24) is 0 Å². The minimum Gasteiger partial charge on any atom is -0.247 e. The Kier molecular flexibility index (Phi) is 5.64. The van der Waals surface area contributed by atoms with Crippen molar-refractivity contribution in [3.05, 3.63) is 47.5 Å². The molecule has 4 heteroatoms. The van der Waals surface area contributed by atoms with Crippen molar-refractivity contribution in [3.63, 3.8) is 0 Å². The van der Waals surface area contributed by atoms with E-state index in [9.17, 15) is 9.59 Å². The van der Waals surface area contributed by atoms with Crippen LogP contribution < -0.4 is 0 Å².